The van der Waals surface area contributed by atoms with Crippen molar-refractivity contribution in [3.8, 4) is 0 Å². The van der Waals surface area contributed by atoms with E-state index in [1.165, 1.54) is 6.07 Å². The minimum atomic E-state index is -3.76. The first-order valence-electron chi connectivity index (χ1n) is 6.83. The fraction of sp³-hybridized carbons (Fsp3) is 0.533. The largest absolute Gasteiger partial charge is 0.274 e. The molecule has 1 N–H and O–H groups in total. The van der Waals surface area contributed by atoms with Crippen molar-refractivity contribution < 1.29 is 13.2 Å². The highest BCUT2D eigenvalue weighted by Gasteiger charge is 2.20. The minimum Gasteiger partial charge on any atom is -0.274 e. The molecule has 0 aliphatic heterocycles. The maximum Gasteiger partial charge on any atom is 0.264 e. The van der Waals surface area contributed by atoms with Crippen LogP contribution in [-0.4, -0.2) is 14.3 Å². The van der Waals surface area contributed by atoms with Gasteiger partial charge in [0.1, 0.15) is 0 Å². The van der Waals surface area contributed by atoms with Crippen LogP contribution in [0.2, 0.25) is 0 Å². The molecule has 1 unspecified atom stereocenters. The Bertz CT molecular complexity index is 564. The maximum absolute atomic E-state index is 12.1. The molecule has 1 aromatic carbocycles. The van der Waals surface area contributed by atoms with Crippen LogP contribution in [0.25, 0.3) is 0 Å². The number of amides is 1. The second-order valence-electron chi connectivity index (χ2n) is 5.73. The molecule has 0 spiro atoms. The van der Waals surface area contributed by atoms with E-state index < -0.39 is 15.9 Å². The zero-order valence-electron chi connectivity index (χ0n) is 12.5. The second-order valence-corrected chi connectivity index (χ2v) is 7.38. The van der Waals surface area contributed by atoms with Gasteiger partial charge in [-0.15, -0.1) is 0 Å². The van der Waals surface area contributed by atoms with Crippen molar-refractivity contribution in [1.82, 2.24) is 4.72 Å². The Hall–Kier alpha value is -1.36. The van der Waals surface area contributed by atoms with Gasteiger partial charge in [0.25, 0.3) is 10.0 Å². The maximum atomic E-state index is 12.1. The highest BCUT2D eigenvalue weighted by atomic mass is 32.2. The summed E-state index contributed by atoms with van der Waals surface area (Å²) < 4.78 is 26.4. The molecule has 0 aromatic heterocycles. The lowest BCUT2D eigenvalue weighted by Crippen LogP contribution is -2.32. The normalized spacial score (nSPS) is 13.2. The monoisotopic (exact) mass is 297 g/mol. The van der Waals surface area contributed by atoms with Crippen LogP contribution in [0, 0.1) is 18.8 Å². The van der Waals surface area contributed by atoms with Gasteiger partial charge in [0.05, 0.1) is 4.90 Å². The van der Waals surface area contributed by atoms with Crippen LogP contribution in [0.1, 0.15) is 39.2 Å². The average molecular weight is 297 g/mol. The van der Waals surface area contributed by atoms with E-state index in [0.29, 0.717) is 11.5 Å². The van der Waals surface area contributed by atoms with Crippen molar-refractivity contribution in [1.29, 1.82) is 0 Å². The van der Waals surface area contributed by atoms with Crippen LogP contribution < -0.4 is 4.72 Å². The quantitative estimate of drug-likeness (QED) is 0.878. The summed E-state index contributed by atoms with van der Waals surface area (Å²) in [5, 5.41) is 0. The number of hydrogen-bond acceptors (Lipinski definition) is 3. The SMILES string of the molecule is Cc1ccccc1S(=O)(=O)NC(=O)CC(C)CC(C)C. The van der Waals surface area contributed by atoms with Crippen LogP contribution in [0.4, 0.5) is 0 Å². The molecule has 20 heavy (non-hydrogen) atoms. The Balaban J connectivity index is 2.72. The number of rotatable bonds is 6. The van der Waals surface area contributed by atoms with Crippen molar-refractivity contribution in [2.24, 2.45) is 11.8 Å². The lowest BCUT2D eigenvalue weighted by Gasteiger charge is -2.14. The van der Waals surface area contributed by atoms with E-state index in [1.807, 2.05) is 6.92 Å². The molecule has 0 saturated carbocycles. The minimum absolute atomic E-state index is 0.157. The number of hydrogen-bond donors (Lipinski definition) is 1. The summed E-state index contributed by atoms with van der Waals surface area (Å²) in [7, 11) is -3.76. The Morgan fingerprint density at radius 2 is 1.80 bits per heavy atom. The fourth-order valence-corrected chi connectivity index (χ4v) is 3.55. The van der Waals surface area contributed by atoms with Crippen molar-refractivity contribution in [2.75, 3.05) is 0 Å². The zero-order chi connectivity index (χ0) is 15.3. The van der Waals surface area contributed by atoms with Crippen LogP contribution in [0.5, 0.6) is 0 Å². The molecular weight excluding hydrogens is 274 g/mol. The third kappa shape index (κ3) is 4.96. The van der Waals surface area contributed by atoms with E-state index in [1.54, 1.807) is 25.1 Å². The summed E-state index contributed by atoms with van der Waals surface area (Å²) in [6.07, 6.45) is 1.13. The van der Waals surface area contributed by atoms with Crippen molar-refractivity contribution in [3.05, 3.63) is 29.8 Å². The Labute approximate surface area is 121 Å². The van der Waals surface area contributed by atoms with Crippen LogP contribution in [-0.2, 0) is 14.8 Å². The molecule has 0 saturated heterocycles. The lowest BCUT2D eigenvalue weighted by atomic mass is 9.96. The highest BCUT2D eigenvalue weighted by molar-refractivity contribution is 7.90. The van der Waals surface area contributed by atoms with Crippen LogP contribution >= 0.6 is 0 Å². The number of aryl methyl sites for hydroxylation is 1. The molecular formula is C15H23NO3S. The molecule has 0 heterocycles. The Kier molecular flexibility index (Phi) is 5.74. The second kappa shape index (κ2) is 6.88. The molecule has 4 nitrogen and oxygen atoms in total. The predicted molar refractivity (Wildman–Crippen MR) is 79.7 cm³/mol. The van der Waals surface area contributed by atoms with Gasteiger partial charge in [0.2, 0.25) is 5.91 Å². The Morgan fingerprint density at radius 3 is 2.35 bits per heavy atom. The lowest BCUT2D eigenvalue weighted by molar-refractivity contribution is -0.120. The molecule has 0 aliphatic rings. The van der Waals surface area contributed by atoms with Gasteiger partial charge in [0, 0.05) is 6.42 Å². The third-order valence-corrected chi connectivity index (χ3v) is 4.57. The first-order chi connectivity index (χ1) is 9.22. The van der Waals surface area contributed by atoms with Gasteiger partial charge in [-0.05, 0) is 36.8 Å². The molecule has 1 rings (SSSR count). The smallest absolute Gasteiger partial charge is 0.264 e. The van der Waals surface area contributed by atoms with E-state index in [-0.39, 0.29) is 17.2 Å². The molecule has 0 fully saturated rings. The molecule has 1 atom stereocenters. The van der Waals surface area contributed by atoms with Gasteiger partial charge in [-0.1, -0.05) is 39.0 Å². The van der Waals surface area contributed by atoms with Gasteiger partial charge in [-0.25, -0.2) is 13.1 Å². The summed E-state index contributed by atoms with van der Waals surface area (Å²) in [4.78, 5) is 12.0. The molecule has 1 amide bonds. The van der Waals surface area contributed by atoms with Crippen LogP contribution in [0.15, 0.2) is 29.2 Å². The molecule has 0 bridgehead atoms. The Morgan fingerprint density at radius 1 is 1.20 bits per heavy atom. The summed E-state index contributed by atoms with van der Waals surface area (Å²) >= 11 is 0. The van der Waals surface area contributed by atoms with E-state index in [9.17, 15) is 13.2 Å². The van der Waals surface area contributed by atoms with Gasteiger partial charge in [0.15, 0.2) is 0 Å². The molecule has 0 radical (unpaired) electrons. The fourth-order valence-electron chi connectivity index (χ4n) is 2.31. The van der Waals surface area contributed by atoms with Gasteiger partial charge in [-0.2, -0.15) is 0 Å². The standard InChI is InChI=1S/C15H23NO3S/c1-11(2)9-12(3)10-15(17)16-20(18,19)14-8-6-5-7-13(14)4/h5-8,11-12H,9-10H2,1-4H3,(H,16,17). The topological polar surface area (TPSA) is 63.2 Å². The van der Waals surface area contributed by atoms with Crippen molar-refractivity contribution in [3.63, 3.8) is 0 Å². The first-order valence-corrected chi connectivity index (χ1v) is 8.32. The molecule has 112 valence electrons. The summed E-state index contributed by atoms with van der Waals surface area (Å²) in [5.41, 5.74) is 0.628. The number of carbonyl (C=O) groups is 1. The van der Waals surface area contributed by atoms with E-state index in [0.717, 1.165) is 6.42 Å². The van der Waals surface area contributed by atoms with E-state index >= 15 is 0 Å². The predicted octanol–water partition coefficient (Wildman–Crippen LogP) is 2.87. The molecule has 1 aromatic rings. The first kappa shape index (κ1) is 16.7. The van der Waals surface area contributed by atoms with Crippen LogP contribution in [0.3, 0.4) is 0 Å². The summed E-state index contributed by atoms with van der Waals surface area (Å²) in [5.74, 6) is 0.217. The van der Waals surface area contributed by atoms with E-state index in [2.05, 4.69) is 18.6 Å². The van der Waals surface area contributed by atoms with Crippen molar-refractivity contribution >= 4 is 15.9 Å². The average Bonchev–Trinajstić information content (AvgIpc) is 2.26. The number of benzene rings is 1. The molecule has 5 heteroatoms. The molecule has 0 aliphatic carbocycles. The van der Waals surface area contributed by atoms with Gasteiger partial charge < -0.3 is 0 Å². The number of sulfonamides is 1. The number of carbonyl (C=O) groups excluding carboxylic acids is 1. The van der Waals surface area contributed by atoms with Gasteiger partial charge >= 0.3 is 0 Å². The summed E-state index contributed by atoms with van der Waals surface area (Å²) in [6.45, 7) is 7.83. The zero-order valence-corrected chi connectivity index (χ0v) is 13.3. The highest BCUT2D eigenvalue weighted by Crippen LogP contribution is 2.17. The van der Waals surface area contributed by atoms with Crippen molar-refractivity contribution in [2.45, 2.75) is 45.4 Å². The van der Waals surface area contributed by atoms with E-state index in [4.69, 9.17) is 0 Å². The third-order valence-electron chi connectivity index (χ3n) is 3.04. The number of nitrogens with one attached hydrogen (secondary N) is 1. The van der Waals surface area contributed by atoms with Gasteiger partial charge in [-0.3, -0.25) is 4.79 Å². The summed E-state index contributed by atoms with van der Waals surface area (Å²) in [6, 6.07) is 6.62.